The van der Waals surface area contributed by atoms with Crippen LogP contribution in [0.15, 0.2) is 63.6 Å². The molecule has 4 rings (SSSR count). The number of thioether (sulfide) groups is 1. The third-order valence-electron chi connectivity index (χ3n) is 5.28. The molecule has 0 aromatic heterocycles. The lowest BCUT2D eigenvalue weighted by atomic mass is 9.86. The van der Waals surface area contributed by atoms with Crippen molar-refractivity contribution in [1.29, 1.82) is 5.26 Å². The van der Waals surface area contributed by atoms with Gasteiger partial charge in [-0.25, -0.2) is 0 Å². The third-order valence-corrected chi connectivity index (χ3v) is 6.96. The first kappa shape index (κ1) is 19.1. The van der Waals surface area contributed by atoms with E-state index in [0.717, 1.165) is 27.2 Å². The van der Waals surface area contributed by atoms with Crippen LogP contribution in [0.2, 0.25) is 0 Å². The van der Waals surface area contributed by atoms with E-state index in [1.165, 1.54) is 5.56 Å². The van der Waals surface area contributed by atoms with Crippen molar-refractivity contribution < 1.29 is 4.79 Å². The minimum atomic E-state index is -0.151. The van der Waals surface area contributed by atoms with Crippen molar-refractivity contribution in [1.82, 2.24) is 4.90 Å². The fourth-order valence-electron chi connectivity index (χ4n) is 3.65. The van der Waals surface area contributed by atoms with Gasteiger partial charge in [-0.15, -0.1) is 0 Å². The SMILES string of the molecule is CCc1ccc(C2CC(=O)N3CN(c4ccc(Br)cc4)CSC3=C2C#N)cc1. The molecule has 1 amide bonds. The predicted molar refractivity (Wildman–Crippen MR) is 117 cm³/mol. The summed E-state index contributed by atoms with van der Waals surface area (Å²) in [6.45, 7) is 2.60. The van der Waals surface area contributed by atoms with Crippen molar-refractivity contribution in [2.45, 2.75) is 25.7 Å². The van der Waals surface area contributed by atoms with Crippen LogP contribution in [0.3, 0.4) is 0 Å². The molecule has 1 unspecified atom stereocenters. The highest BCUT2D eigenvalue weighted by Gasteiger charge is 2.38. The van der Waals surface area contributed by atoms with E-state index in [0.29, 0.717) is 24.5 Å². The molecule has 0 spiro atoms. The summed E-state index contributed by atoms with van der Waals surface area (Å²) >= 11 is 5.03. The van der Waals surface area contributed by atoms with E-state index in [-0.39, 0.29) is 11.8 Å². The zero-order valence-electron chi connectivity index (χ0n) is 15.6. The Morgan fingerprint density at radius 2 is 1.89 bits per heavy atom. The lowest BCUT2D eigenvalue weighted by molar-refractivity contribution is -0.129. The normalized spacial score (nSPS) is 19.5. The summed E-state index contributed by atoms with van der Waals surface area (Å²) in [6.07, 6.45) is 1.32. The first-order valence-corrected chi connectivity index (χ1v) is 11.1. The zero-order valence-corrected chi connectivity index (χ0v) is 18.0. The predicted octanol–water partition coefficient (Wildman–Crippen LogP) is 5.23. The minimum absolute atomic E-state index is 0.0767. The molecule has 0 N–H and O–H groups in total. The monoisotopic (exact) mass is 453 g/mol. The van der Waals surface area contributed by atoms with Gasteiger partial charge in [0.25, 0.3) is 0 Å². The number of carbonyl (C=O) groups excluding carboxylic acids is 1. The number of aryl methyl sites for hydroxylation is 1. The zero-order chi connectivity index (χ0) is 19.7. The highest BCUT2D eigenvalue weighted by atomic mass is 79.9. The molecule has 2 aromatic rings. The van der Waals surface area contributed by atoms with Crippen molar-refractivity contribution in [3.05, 3.63) is 74.7 Å². The summed E-state index contributed by atoms with van der Waals surface area (Å²) < 4.78 is 1.03. The van der Waals surface area contributed by atoms with Gasteiger partial charge >= 0.3 is 0 Å². The highest BCUT2D eigenvalue weighted by Crippen LogP contribution is 2.43. The molecule has 2 aromatic carbocycles. The maximum atomic E-state index is 13.0. The fourth-order valence-corrected chi connectivity index (χ4v) is 5.08. The van der Waals surface area contributed by atoms with Crippen molar-refractivity contribution in [2.75, 3.05) is 17.4 Å². The number of nitrogens with zero attached hydrogens (tertiary/aromatic N) is 3. The van der Waals surface area contributed by atoms with Gasteiger partial charge in [-0.05, 0) is 41.8 Å². The van der Waals surface area contributed by atoms with E-state index in [9.17, 15) is 10.1 Å². The number of benzene rings is 2. The standard InChI is InChI=1S/C22H20BrN3OS/c1-2-15-3-5-16(6-4-15)19-11-21(27)26-13-25(14-28-22(26)20(19)12-24)18-9-7-17(23)8-10-18/h3-10,19H,2,11,13-14H2,1H3. The largest absolute Gasteiger partial charge is 0.344 e. The van der Waals surface area contributed by atoms with E-state index in [1.54, 1.807) is 16.7 Å². The van der Waals surface area contributed by atoms with E-state index in [2.05, 4.69) is 58.1 Å². The second kappa shape index (κ2) is 8.02. The number of hydrogen-bond acceptors (Lipinski definition) is 4. The fraction of sp³-hybridized carbons (Fsp3) is 0.273. The van der Waals surface area contributed by atoms with E-state index >= 15 is 0 Å². The molecular weight excluding hydrogens is 434 g/mol. The number of carbonyl (C=O) groups is 1. The molecule has 2 aliphatic heterocycles. The molecule has 0 radical (unpaired) electrons. The Morgan fingerprint density at radius 1 is 1.18 bits per heavy atom. The van der Waals surface area contributed by atoms with Crippen LogP contribution in [0.25, 0.3) is 0 Å². The highest BCUT2D eigenvalue weighted by molar-refractivity contribution is 9.10. The Balaban J connectivity index is 1.63. The molecule has 1 saturated heterocycles. The van der Waals surface area contributed by atoms with Gasteiger partial charge in [-0.2, -0.15) is 5.26 Å². The van der Waals surface area contributed by atoms with Crippen molar-refractivity contribution in [3.63, 3.8) is 0 Å². The summed E-state index contributed by atoms with van der Waals surface area (Å²) in [5.41, 5.74) is 4.09. The van der Waals surface area contributed by atoms with Crippen LogP contribution in [0.4, 0.5) is 5.69 Å². The Morgan fingerprint density at radius 3 is 2.54 bits per heavy atom. The number of anilines is 1. The molecule has 0 bridgehead atoms. The molecule has 0 saturated carbocycles. The van der Waals surface area contributed by atoms with Crippen molar-refractivity contribution >= 4 is 39.3 Å². The van der Waals surface area contributed by atoms with Crippen molar-refractivity contribution in [3.8, 4) is 6.07 Å². The van der Waals surface area contributed by atoms with Gasteiger partial charge in [0.1, 0.15) is 0 Å². The van der Waals surface area contributed by atoms with Crippen LogP contribution in [0.5, 0.6) is 0 Å². The Kier molecular flexibility index (Phi) is 5.47. The number of amides is 1. The molecule has 1 atom stereocenters. The Bertz CT molecular complexity index is 963. The number of allylic oxidation sites excluding steroid dienone is 1. The van der Waals surface area contributed by atoms with E-state index in [1.807, 2.05) is 24.3 Å². The molecule has 142 valence electrons. The van der Waals surface area contributed by atoms with Gasteiger partial charge in [-0.1, -0.05) is 58.9 Å². The maximum absolute atomic E-state index is 13.0. The van der Waals surface area contributed by atoms with Gasteiger partial charge in [-0.3, -0.25) is 9.69 Å². The van der Waals surface area contributed by atoms with Gasteiger partial charge in [0.15, 0.2) is 0 Å². The minimum Gasteiger partial charge on any atom is -0.344 e. The lowest BCUT2D eigenvalue weighted by Crippen LogP contribution is -2.47. The lowest BCUT2D eigenvalue weighted by Gasteiger charge is -2.42. The molecule has 28 heavy (non-hydrogen) atoms. The quantitative estimate of drug-likeness (QED) is 0.637. The van der Waals surface area contributed by atoms with Gasteiger partial charge in [0.2, 0.25) is 5.91 Å². The van der Waals surface area contributed by atoms with E-state index < -0.39 is 0 Å². The van der Waals surface area contributed by atoms with Crippen LogP contribution in [-0.2, 0) is 11.2 Å². The molecule has 2 heterocycles. The van der Waals surface area contributed by atoms with Gasteiger partial charge in [0, 0.05) is 22.5 Å². The molecule has 6 heteroatoms. The third kappa shape index (κ3) is 3.57. The molecular formula is C22H20BrN3OS. The van der Waals surface area contributed by atoms with E-state index in [4.69, 9.17) is 0 Å². The van der Waals surface area contributed by atoms with Crippen LogP contribution >= 0.6 is 27.7 Å². The maximum Gasteiger partial charge on any atom is 0.229 e. The van der Waals surface area contributed by atoms with Gasteiger partial charge < -0.3 is 4.90 Å². The first-order valence-electron chi connectivity index (χ1n) is 9.27. The summed E-state index contributed by atoms with van der Waals surface area (Å²) in [6, 6.07) is 18.8. The topological polar surface area (TPSA) is 47.3 Å². The second-order valence-corrected chi connectivity index (χ2v) is 8.78. The average Bonchev–Trinajstić information content (AvgIpc) is 2.74. The van der Waals surface area contributed by atoms with Crippen molar-refractivity contribution in [2.24, 2.45) is 0 Å². The summed E-state index contributed by atoms with van der Waals surface area (Å²) in [5, 5.41) is 10.7. The number of nitriles is 1. The Labute approximate surface area is 178 Å². The van der Waals surface area contributed by atoms with Crippen LogP contribution < -0.4 is 4.90 Å². The Hall–Kier alpha value is -2.23. The number of hydrogen-bond donors (Lipinski definition) is 0. The summed E-state index contributed by atoms with van der Waals surface area (Å²) in [7, 11) is 0. The van der Waals surface area contributed by atoms with Crippen LogP contribution in [-0.4, -0.2) is 23.4 Å². The summed E-state index contributed by atoms with van der Waals surface area (Å²) in [4.78, 5) is 16.9. The van der Waals surface area contributed by atoms with Gasteiger partial charge in [0.05, 0.1) is 29.2 Å². The molecule has 0 aliphatic carbocycles. The van der Waals surface area contributed by atoms with Crippen LogP contribution in [0.1, 0.15) is 30.4 Å². The number of fused-ring (bicyclic) bond motifs is 1. The molecule has 1 fully saturated rings. The smallest absolute Gasteiger partial charge is 0.229 e. The first-order chi connectivity index (χ1) is 13.6. The second-order valence-electron chi connectivity index (χ2n) is 6.94. The van der Waals surface area contributed by atoms with Crippen LogP contribution in [0, 0.1) is 11.3 Å². The number of rotatable bonds is 3. The number of halogens is 1. The molecule has 4 nitrogen and oxygen atoms in total. The molecule has 2 aliphatic rings. The summed E-state index contributed by atoms with van der Waals surface area (Å²) in [5.74, 6) is 0.641. The average molecular weight is 454 g/mol.